The SMILES string of the molecule is CC(NC(=O)N1CCN(Cc2ccccc2Cl)CC1)c1ncco1. The van der Waals surface area contributed by atoms with E-state index < -0.39 is 0 Å². The van der Waals surface area contributed by atoms with Crippen molar-refractivity contribution in [1.29, 1.82) is 0 Å². The lowest BCUT2D eigenvalue weighted by Gasteiger charge is -2.35. The highest BCUT2D eigenvalue weighted by Crippen LogP contribution is 2.18. The minimum atomic E-state index is -0.242. The maximum absolute atomic E-state index is 12.3. The third-order valence-corrected chi connectivity index (χ3v) is 4.54. The summed E-state index contributed by atoms with van der Waals surface area (Å²) >= 11 is 6.21. The van der Waals surface area contributed by atoms with Gasteiger partial charge >= 0.3 is 6.03 Å². The number of halogens is 1. The summed E-state index contributed by atoms with van der Waals surface area (Å²) in [6, 6.07) is 7.55. The summed E-state index contributed by atoms with van der Waals surface area (Å²) in [5, 5.41) is 3.71. The first-order valence-corrected chi connectivity index (χ1v) is 8.42. The summed E-state index contributed by atoms with van der Waals surface area (Å²) in [5.74, 6) is 0.515. The average Bonchev–Trinajstić information content (AvgIpc) is 3.12. The van der Waals surface area contributed by atoms with Crippen LogP contribution in [0.2, 0.25) is 5.02 Å². The van der Waals surface area contributed by atoms with Crippen LogP contribution in [-0.4, -0.2) is 47.0 Å². The molecule has 7 heteroatoms. The normalized spacial score (nSPS) is 16.8. The molecule has 1 aliphatic heterocycles. The highest BCUT2D eigenvalue weighted by Gasteiger charge is 2.23. The molecule has 1 aromatic heterocycles. The van der Waals surface area contributed by atoms with E-state index in [2.05, 4.69) is 15.2 Å². The van der Waals surface area contributed by atoms with Crippen LogP contribution in [0.15, 0.2) is 41.1 Å². The molecule has 0 saturated carbocycles. The number of amides is 2. The number of benzene rings is 1. The van der Waals surface area contributed by atoms with Crippen LogP contribution in [0.4, 0.5) is 4.79 Å². The van der Waals surface area contributed by atoms with Crippen molar-refractivity contribution in [3.05, 3.63) is 53.2 Å². The van der Waals surface area contributed by atoms with Crippen molar-refractivity contribution in [2.75, 3.05) is 26.2 Å². The quantitative estimate of drug-likeness (QED) is 0.922. The van der Waals surface area contributed by atoms with Crippen LogP contribution in [0, 0.1) is 0 Å². The fourth-order valence-electron chi connectivity index (χ4n) is 2.76. The molecule has 128 valence electrons. The second-order valence-electron chi connectivity index (χ2n) is 5.90. The van der Waals surface area contributed by atoms with Crippen LogP contribution in [-0.2, 0) is 6.54 Å². The molecule has 1 N–H and O–H groups in total. The Hall–Kier alpha value is -2.05. The Labute approximate surface area is 146 Å². The Balaban J connectivity index is 1.48. The fourth-order valence-corrected chi connectivity index (χ4v) is 2.96. The van der Waals surface area contributed by atoms with Gasteiger partial charge < -0.3 is 14.6 Å². The van der Waals surface area contributed by atoms with Crippen LogP contribution < -0.4 is 5.32 Å². The van der Waals surface area contributed by atoms with Crippen LogP contribution in [0.3, 0.4) is 0 Å². The number of aromatic nitrogens is 1. The highest BCUT2D eigenvalue weighted by molar-refractivity contribution is 6.31. The molecule has 0 bridgehead atoms. The molecule has 24 heavy (non-hydrogen) atoms. The number of nitrogens with one attached hydrogen (secondary N) is 1. The highest BCUT2D eigenvalue weighted by atomic mass is 35.5. The van der Waals surface area contributed by atoms with Crippen molar-refractivity contribution in [3.63, 3.8) is 0 Å². The molecule has 2 amide bonds. The van der Waals surface area contributed by atoms with E-state index in [1.165, 1.54) is 6.26 Å². The third-order valence-electron chi connectivity index (χ3n) is 4.17. The number of rotatable bonds is 4. The number of hydrogen-bond donors (Lipinski definition) is 1. The van der Waals surface area contributed by atoms with E-state index in [9.17, 15) is 4.79 Å². The second kappa shape index (κ2) is 7.68. The van der Waals surface area contributed by atoms with Gasteiger partial charge in [0.25, 0.3) is 0 Å². The summed E-state index contributed by atoms with van der Waals surface area (Å²) in [7, 11) is 0. The molecule has 1 aliphatic rings. The minimum Gasteiger partial charge on any atom is -0.447 e. The van der Waals surface area contributed by atoms with Gasteiger partial charge in [-0.1, -0.05) is 29.8 Å². The van der Waals surface area contributed by atoms with Crippen molar-refractivity contribution >= 4 is 17.6 Å². The molecule has 2 aromatic rings. The zero-order valence-corrected chi connectivity index (χ0v) is 14.4. The fraction of sp³-hybridized carbons (Fsp3) is 0.412. The molecule has 1 saturated heterocycles. The molecule has 6 nitrogen and oxygen atoms in total. The van der Waals surface area contributed by atoms with Crippen LogP contribution in [0.25, 0.3) is 0 Å². The molecule has 1 aromatic carbocycles. The van der Waals surface area contributed by atoms with Crippen molar-refractivity contribution in [1.82, 2.24) is 20.1 Å². The number of oxazole rings is 1. The van der Waals surface area contributed by atoms with Gasteiger partial charge in [-0.3, -0.25) is 4.90 Å². The standard InChI is InChI=1S/C17H21ClN4O2/c1-13(16-19-6-11-24-16)20-17(23)22-9-7-21(8-10-22)12-14-4-2-3-5-15(14)18/h2-6,11,13H,7-10,12H2,1H3,(H,20,23). The molecule has 0 spiro atoms. The zero-order valence-electron chi connectivity index (χ0n) is 13.6. The molecule has 1 fully saturated rings. The van der Waals surface area contributed by atoms with Gasteiger partial charge in [-0.25, -0.2) is 9.78 Å². The van der Waals surface area contributed by atoms with E-state index in [1.807, 2.05) is 36.1 Å². The first-order valence-electron chi connectivity index (χ1n) is 8.04. The Morgan fingerprint density at radius 3 is 2.75 bits per heavy atom. The lowest BCUT2D eigenvalue weighted by molar-refractivity contribution is 0.133. The summed E-state index contributed by atoms with van der Waals surface area (Å²) in [4.78, 5) is 20.5. The molecule has 2 heterocycles. The summed E-state index contributed by atoms with van der Waals surface area (Å²) in [6.45, 7) is 5.69. The van der Waals surface area contributed by atoms with Crippen molar-refractivity contribution < 1.29 is 9.21 Å². The average molecular weight is 349 g/mol. The van der Waals surface area contributed by atoms with Gasteiger partial charge in [-0.05, 0) is 18.6 Å². The summed E-state index contributed by atoms with van der Waals surface area (Å²) in [6.07, 6.45) is 3.08. The van der Waals surface area contributed by atoms with E-state index in [0.29, 0.717) is 19.0 Å². The number of hydrogen-bond acceptors (Lipinski definition) is 4. The van der Waals surface area contributed by atoms with Gasteiger partial charge in [0.2, 0.25) is 5.89 Å². The minimum absolute atomic E-state index is 0.0851. The zero-order chi connectivity index (χ0) is 16.9. The molecule has 1 atom stereocenters. The number of nitrogens with zero attached hydrogens (tertiary/aromatic N) is 3. The van der Waals surface area contributed by atoms with E-state index in [1.54, 1.807) is 6.20 Å². The van der Waals surface area contributed by atoms with E-state index in [4.69, 9.17) is 16.0 Å². The number of urea groups is 1. The second-order valence-corrected chi connectivity index (χ2v) is 6.30. The van der Waals surface area contributed by atoms with Gasteiger partial charge in [0, 0.05) is 37.7 Å². The molecule has 3 rings (SSSR count). The van der Waals surface area contributed by atoms with E-state index in [-0.39, 0.29) is 12.1 Å². The van der Waals surface area contributed by atoms with Gasteiger partial charge in [0.1, 0.15) is 12.3 Å². The maximum Gasteiger partial charge on any atom is 0.318 e. The number of piperazine rings is 1. The third kappa shape index (κ3) is 4.07. The first-order chi connectivity index (χ1) is 11.6. The summed E-state index contributed by atoms with van der Waals surface area (Å²) < 4.78 is 5.21. The predicted molar refractivity (Wildman–Crippen MR) is 91.8 cm³/mol. The predicted octanol–water partition coefficient (Wildman–Crippen LogP) is 2.92. The van der Waals surface area contributed by atoms with Gasteiger partial charge in [-0.2, -0.15) is 0 Å². The van der Waals surface area contributed by atoms with E-state index >= 15 is 0 Å². The maximum atomic E-state index is 12.3. The molecule has 0 aliphatic carbocycles. The largest absolute Gasteiger partial charge is 0.447 e. The topological polar surface area (TPSA) is 61.6 Å². The van der Waals surface area contributed by atoms with Crippen LogP contribution >= 0.6 is 11.6 Å². The Morgan fingerprint density at radius 2 is 2.08 bits per heavy atom. The Bertz CT molecular complexity index is 669. The lowest BCUT2D eigenvalue weighted by atomic mass is 10.2. The monoisotopic (exact) mass is 348 g/mol. The number of carbonyl (C=O) groups is 1. The summed E-state index contributed by atoms with van der Waals surface area (Å²) in [5.41, 5.74) is 1.12. The lowest BCUT2D eigenvalue weighted by Crippen LogP contribution is -2.51. The van der Waals surface area contributed by atoms with Gasteiger partial charge in [0.15, 0.2) is 0 Å². The van der Waals surface area contributed by atoms with Gasteiger partial charge in [-0.15, -0.1) is 0 Å². The smallest absolute Gasteiger partial charge is 0.318 e. The molecular weight excluding hydrogens is 328 g/mol. The first kappa shape index (κ1) is 16.8. The Morgan fingerprint density at radius 1 is 1.33 bits per heavy atom. The van der Waals surface area contributed by atoms with E-state index in [0.717, 1.165) is 30.2 Å². The number of carbonyl (C=O) groups excluding carboxylic acids is 1. The molecular formula is C17H21ClN4O2. The van der Waals surface area contributed by atoms with Crippen molar-refractivity contribution in [2.45, 2.75) is 19.5 Å². The Kier molecular flexibility index (Phi) is 5.37. The molecule has 0 radical (unpaired) electrons. The van der Waals surface area contributed by atoms with Crippen LogP contribution in [0.5, 0.6) is 0 Å². The van der Waals surface area contributed by atoms with Crippen LogP contribution in [0.1, 0.15) is 24.4 Å². The van der Waals surface area contributed by atoms with Gasteiger partial charge in [0.05, 0.1) is 6.20 Å². The van der Waals surface area contributed by atoms with Crippen molar-refractivity contribution in [3.8, 4) is 0 Å². The molecule has 1 unspecified atom stereocenters. The van der Waals surface area contributed by atoms with Crippen molar-refractivity contribution in [2.24, 2.45) is 0 Å².